The van der Waals surface area contributed by atoms with Crippen molar-refractivity contribution in [2.75, 3.05) is 13.6 Å². The number of halogens is 1. The monoisotopic (exact) mass is 297 g/mol. The molecule has 1 saturated carbocycles. The Morgan fingerprint density at radius 1 is 1.29 bits per heavy atom. The van der Waals surface area contributed by atoms with Gasteiger partial charge in [0.25, 0.3) is 0 Å². The molecule has 94 valence electrons. The highest BCUT2D eigenvalue weighted by atomic mass is 79.9. The summed E-state index contributed by atoms with van der Waals surface area (Å²) in [5.41, 5.74) is 1.32. The largest absolute Gasteiger partial charge is 0.393 e. The molecular formula is C14H20BrNO. The summed E-state index contributed by atoms with van der Waals surface area (Å²) in [6.45, 7) is 1.95. The number of benzene rings is 1. The molecule has 1 aliphatic carbocycles. The number of hydrogen-bond acceptors (Lipinski definition) is 2. The summed E-state index contributed by atoms with van der Waals surface area (Å²) in [5, 5.41) is 9.81. The van der Waals surface area contributed by atoms with Crippen molar-refractivity contribution < 1.29 is 5.11 Å². The Morgan fingerprint density at radius 3 is 2.59 bits per heavy atom. The molecule has 0 bridgehead atoms. The van der Waals surface area contributed by atoms with Crippen LogP contribution in [0.5, 0.6) is 0 Å². The van der Waals surface area contributed by atoms with Gasteiger partial charge in [0.15, 0.2) is 0 Å². The lowest BCUT2D eigenvalue weighted by Gasteiger charge is -2.23. The van der Waals surface area contributed by atoms with Gasteiger partial charge in [-0.05, 0) is 43.5 Å². The minimum atomic E-state index is -0.0811. The molecule has 0 aromatic heterocycles. The maximum Gasteiger partial charge on any atom is 0.0580 e. The molecule has 0 heterocycles. The molecule has 1 aromatic rings. The fourth-order valence-electron chi connectivity index (χ4n) is 2.60. The summed E-state index contributed by atoms with van der Waals surface area (Å²) >= 11 is 3.44. The van der Waals surface area contributed by atoms with Gasteiger partial charge in [-0.2, -0.15) is 0 Å². The third kappa shape index (κ3) is 3.80. The van der Waals surface area contributed by atoms with E-state index in [0.717, 1.165) is 24.0 Å². The molecule has 0 radical (unpaired) electrons. The van der Waals surface area contributed by atoms with E-state index in [1.807, 2.05) is 0 Å². The molecule has 2 nitrogen and oxygen atoms in total. The molecule has 1 N–H and O–H groups in total. The van der Waals surface area contributed by atoms with E-state index in [0.29, 0.717) is 5.92 Å². The highest BCUT2D eigenvalue weighted by Crippen LogP contribution is 2.26. The Hall–Kier alpha value is -0.380. The maximum absolute atomic E-state index is 9.81. The Kier molecular flexibility index (Phi) is 4.60. The Morgan fingerprint density at radius 2 is 2.00 bits per heavy atom. The summed E-state index contributed by atoms with van der Waals surface area (Å²) in [6, 6.07) is 8.44. The van der Waals surface area contributed by atoms with Gasteiger partial charge >= 0.3 is 0 Å². The normalized spacial score (nSPS) is 24.5. The van der Waals surface area contributed by atoms with Gasteiger partial charge in [-0.15, -0.1) is 0 Å². The first-order chi connectivity index (χ1) is 8.15. The van der Waals surface area contributed by atoms with Crippen LogP contribution in [0.25, 0.3) is 0 Å². The molecule has 17 heavy (non-hydrogen) atoms. The van der Waals surface area contributed by atoms with E-state index in [-0.39, 0.29) is 6.10 Å². The number of nitrogens with zero attached hydrogens (tertiary/aromatic N) is 1. The van der Waals surface area contributed by atoms with Gasteiger partial charge < -0.3 is 10.0 Å². The summed E-state index contributed by atoms with van der Waals surface area (Å²) < 4.78 is 1.12. The van der Waals surface area contributed by atoms with Gasteiger partial charge in [0, 0.05) is 17.6 Å². The zero-order valence-corrected chi connectivity index (χ0v) is 11.9. The first kappa shape index (κ1) is 13.1. The first-order valence-electron chi connectivity index (χ1n) is 6.26. The number of hydrogen-bond donors (Lipinski definition) is 1. The van der Waals surface area contributed by atoms with Crippen LogP contribution in [0.3, 0.4) is 0 Å². The van der Waals surface area contributed by atoms with Gasteiger partial charge in [0.05, 0.1) is 6.10 Å². The lowest BCUT2D eigenvalue weighted by Crippen LogP contribution is -2.29. The minimum Gasteiger partial charge on any atom is -0.393 e. The quantitative estimate of drug-likeness (QED) is 0.923. The average molecular weight is 298 g/mol. The topological polar surface area (TPSA) is 23.5 Å². The molecule has 0 amide bonds. The second kappa shape index (κ2) is 5.98. The molecule has 2 atom stereocenters. The van der Waals surface area contributed by atoms with Crippen LogP contribution in [0.4, 0.5) is 0 Å². The Balaban J connectivity index is 1.84. The molecule has 0 saturated heterocycles. The summed E-state index contributed by atoms with van der Waals surface area (Å²) in [6.07, 6.45) is 3.25. The van der Waals surface area contributed by atoms with Gasteiger partial charge in [0.1, 0.15) is 0 Å². The van der Waals surface area contributed by atoms with Gasteiger partial charge in [-0.3, -0.25) is 0 Å². The van der Waals surface area contributed by atoms with Crippen LogP contribution >= 0.6 is 15.9 Å². The van der Waals surface area contributed by atoms with E-state index in [4.69, 9.17) is 0 Å². The van der Waals surface area contributed by atoms with Crippen molar-refractivity contribution >= 4 is 15.9 Å². The molecule has 2 rings (SSSR count). The van der Waals surface area contributed by atoms with Crippen LogP contribution in [-0.4, -0.2) is 29.7 Å². The van der Waals surface area contributed by atoms with Crippen molar-refractivity contribution in [2.45, 2.75) is 31.9 Å². The molecule has 1 aromatic carbocycles. The van der Waals surface area contributed by atoms with Crippen molar-refractivity contribution in [3.8, 4) is 0 Å². The van der Waals surface area contributed by atoms with E-state index in [1.165, 1.54) is 18.4 Å². The van der Waals surface area contributed by atoms with Crippen LogP contribution in [0.1, 0.15) is 24.8 Å². The minimum absolute atomic E-state index is 0.0811. The lowest BCUT2D eigenvalue weighted by atomic mass is 10.1. The number of rotatable bonds is 4. The van der Waals surface area contributed by atoms with Crippen molar-refractivity contribution in [2.24, 2.45) is 5.92 Å². The van der Waals surface area contributed by atoms with E-state index in [2.05, 4.69) is 52.1 Å². The fourth-order valence-corrected chi connectivity index (χ4v) is 2.86. The van der Waals surface area contributed by atoms with Crippen LogP contribution in [0, 0.1) is 5.92 Å². The number of aliphatic hydroxyl groups excluding tert-OH is 1. The highest BCUT2D eigenvalue weighted by Gasteiger charge is 2.25. The van der Waals surface area contributed by atoms with Gasteiger partial charge in [-0.1, -0.05) is 34.5 Å². The lowest BCUT2D eigenvalue weighted by molar-refractivity contribution is 0.108. The molecule has 1 aliphatic rings. The predicted octanol–water partition coefficient (Wildman–Crippen LogP) is 3.04. The Labute approximate surface area is 112 Å². The van der Waals surface area contributed by atoms with Gasteiger partial charge in [-0.25, -0.2) is 0 Å². The van der Waals surface area contributed by atoms with Crippen LogP contribution in [-0.2, 0) is 6.54 Å². The maximum atomic E-state index is 9.81. The third-order valence-corrected chi connectivity index (χ3v) is 4.06. The van der Waals surface area contributed by atoms with Crippen molar-refractivity contribution in [3.63, 3.8) is 0 Å². The first-order valence-corrected chi connectivity index (χ1v) is 7.05. The summed E-state index contributed by atoms with van der Waals surface area (Å²) in [7, 11) is 2.13. The molecular weight excluding hydrogens is 278 g/mol. The number of aliphatic hydroxyl groups is 1. The van der Waals surface area contributed by atoms with Gasteiger partial charge in [0.2, 0.25) is 0 Å². The second-order valence-corrected chi connectivity index (χ2v) is 6.00. The second-order valence-electron chi connectivity index (χ2n) is 5.08. The summed E-state index contributed by atoms with van der Waals surface area (Å²) in [5.74, 6) is 0.468. The van der Waals surface area contributed by atoms with Crippen LogP contribution < -0.4 is 0 Å². The van der Waals surface area contributed by atoms with E-state index in [1.54, 1.807) is 0 Å². The zero-order valence-electron chi connectivity index (χ0n) is 10.3. The zero-order chi connectivity index (χ0) is 12.3. The molecule has 0 spiro atoms. The average Bonchev–Trinajstić information content (AvgIpc) is 2.68. The van der Waals surface area contributed by atoms with E-state index >= 15 is 0 Å². The van der Waals surface area contributed by atoms with Crippen LogP contribution in [0.2, 0.25) is 0 Å². The summed E-state index contributed by atoms with van der Waals surface area (Å²) in [4.78, 5) is 2.31. The SMILES string of the molecule is CN(Cc1ccc(Br)cc1)CC1CCCC1O. The molecule has 2 unspecified atom stereocenters. The predicted molar refractivity (Wildman–Crippen MR) is 73.8 cm³/mol. The highest BCUT2D eigenvalue weighted by molar-refractivity contribution is 9.10. The van der Waals surface area contributed by atoms with Crippen molar-refractivity contribution in [1.82, 2.24) is 4.90 Å². The molecule has 3 heteroatoms. The Bertz CT molecular complexity index is 352. The molecule has 0 aliphatic heterocycles. The smallest absolute Gasteiger partial charge is 0.0580 e. The van der Waals surface area contributed by atoms with Crippen LogP contribution in [0.15, 0.2) is 28.7 Å². The standard InChI is InChI=1S/C14H20BrNO/c1-16(10-12-3-2-4-14(12)17)9-11-5-7-13(15)8-6-11/h5-8,12,14,17H,2-4,9-10H2,1H3. The van der Waals surface area contributed by atoms with Crippen molar-refractivity contribution in [3.05, 3.63) is 34.3 Å². The third-order valence-electron chi connectivity index (χ3n) is 3.53. The molecule has 1 fully saturated rings. The van der Waals surface area contributed by atoms with E-state index in [9.17, 15) is 5.11 Å². The van der Waals surface area contributed by atoms with Crippen molar-refractivity contribution in [1.29, 1.82) is 0 Å². The van der Waals surface area contributed by atoms with E-state index < -0.39 is 0 Å². The fraction of sp³-hybridized carbons (Fsp3) is 0.571.